The van der Waals surface area contributed by atoms with E-state index in [1.54, 1.807) is 0 Å². The van der Waals surface area contributed by atoms with Gasteiger partial charge in [0, 0.05) is 24.9 Å². The van der Waals surface area contributed by atoms with Gasteiger partial charge in [-0.3, -0.25) is 9.59 Å². The normalized spacial score (nSPS) is 10.5. The van der Waals surface area contributed by atoms with Crippen LogP contribution in [-0.2, 0) is 11.2 Å². The molecule has 1 aromatic rings. The van der Waals surface area contributed by atoms with Crippen LogP contribution in [0.3, 0.4) is 0 Å². The van der Waals surface area contributed by atoms with Gasteiger partial charge in [0.1, 0.15) is 0 Å². The molecule has 128 valence electrons. The lowest BCUT2D eigenvalue weighted by molar-refractivity contribution is -0.121. The molecule has 0 aromatic heterocycles. The lowest BCUT2D eigenvalue weighted by Crippen LogP contribution is -2.24. The lowest BCUT2D eigenvalue weighted by atomic mass is 10.0. The maximum Gasteiger partial charge on any atom is 0.220 e. The Kier molecular flexibility index (Phi) is 9.96. The first-order valence-electron chi connectivity index (χ1n) is 8.77. The number of hydrogen-bond donors (Lipinski definition) is 2. The molecule has 0 saturated carbocycles. The Bertz CT molecular complexity index is 486. The molecular formula is C19H30N2O2. The summed E-state index contributed by atoms with van der Waals surface area (Å²) in [5.74, 6) is 0.00530. The molecule has 1 aromatic carbocycles. The van der Waals surface area contributed by atoms with E-state index in [0.29, 0.717) is 12.1 Å². The Morgan fingerprint density at radius 1 is 1.00 bits per heavy atom. The fraction of sp³-hybridized carbons (Fsp3) is 0.579. The predicted octanol–water partition coefficient (Wildman–Crippen LogP) is 3.11. The fourth-order valence-corrected chi connectivity index (χ4v) is 2.30. The Morgan fingerprint density at radius 3 is 2.57 bits per heavy atom. The van der Waals surface area contributed by atoms with Crippen molar-refractivity contribution in [2.24, 2.45) is 0 Å². The highest BCUT2D eigenvalue weighted by molar-refractivity contribution is 5.98. The highest BCUT2D eigenvalue weighted by Crippen LogP contribution is 2.09. The molecule has 0 aliphatic heterocycles. The number of carbonyl (C=O) groups is 2. The van der Waals surface area contributed by atoms with E-state index >= 15 is 0 Å². The van der Waals surface area contributed by atoms with Gasteiger partial charge in [-0.05, 0) is 44.0 Å². The zero-order valence-corrected chi connectivity index (χ0v) is 14.5. The number of nitrogens with one attached hydrogen (secondary N) is 2. The fourth-order valence-electron chi connectivity index (χ4n) is 2.30. The number of unbranched alkanes of at least 4 members (excludes halogenated alkanes) is 1. The van der Waals surface area contributed by atoms with Crippen molar-refractivity contribution < 1.29 is 9.59 Å². The van der Waals surface area contributed by atoms with Crippen LogP contribution in [-0.4, -0.2) is 31.3 Å². The van der Waals surface area contributed by atoms with Gasteiger partial charge in [0.2, 0.25) is 5.91 Å². The summed E-state index contributed by atoms with van der Waals surface area (Å²) in [6.07, 6.45) is 4.62. The molecule has 1 amide bonds. The van der Waals surface area contributed by atoms with E-state index < -0.39 is 0 Å². The zero-order chi connectivity index (χ0) is 16.9. The van der Waals surface area contributed by atoms with Gasteiger partial charge in [-0.25, -0.2) is 0 Å². The molecule has 0 aliphatic rings. The lowest BCUT2D eigenvalue weighted by Gasteiger charge is -2.07. The molecule has 0 radical (unpaired) electrons. The van der Waals surface area contributed by atoms with Crippen molar-refractivity contribution in [3.05, 3.63) is 35.4 Å². The molecule has 0 bridgehead atoms. The van der Waals surface area contributed by atoms with Crippen molar-refractivity contribution in [3.8, 4) is 0 Å². The van der Waals surface area contributed by atoms with Crippen molar-refractivity contribution >= 4 is 11.7 Å². The van der Waals surface area contributed by atoms with Gasteiger partial charge in [0.05, 0.1) is 0 Å². The Labute approximate surface area is 140 Å². The second kappa shape index (κ2) is 11.8. The van der Waals surface area contributed by atoms with Crippen LogP contribution >= 0.6 is 0 Å². The quantitative estimate of drug-likeness (QED) is 0.460. The molecule has 4 nitrogen and oxygen atoms in total. The number of rotatable bonds is 12. The molecule has 0 spiro atoms. The second-order valence-electron chi connectivity index (χ2n) is 5.83. The van der Waals surface area contributed by atoms with Crippen molar-refractivity contribution in [2.75, 3.05) is 19.6 Å². The van der Waals surface area contributed by atoms with Gasteiger partial charge >= 0.3 is 0 Å². The summed E-state index contributed by atoms with van der Waals surface area (Å²) in [5, 5.41) is 6.20. The van der Waals surface area contributed by atoms with E-state index in [1.165, 1.54) is 0 Å². The van der Waals surface area contributed by atoms with Crippen molar-refractivity contribution in [1.29, 1.82) is 0 Å². The smallest absolute Gasteiger partial charge is 0.220 e. The van der Waals surface area contributed by atoms with Crippen LogP contribution in [0.25, 0.3) is 0 Å². The summed E-state index contributed by atoms with van der Waals surface area (Å²) >= 11 is 0. The number of ketones is 1. The van der Waals surface area contributed by atoms with Gasteiger partial charge in [-0.2, -0.15) is 0 Å². The molecule has 0 atom stereocenters. The predicted molar refractivity (Wildman–Crippen MR) is 94.8 cm³/mol. The van der Waals surface area contributed by atoms with E-state index in [-0.39, 0.29) is 24.5 Å². The van der Waals surface area contributed by atoms with E-state index in [0.717, 1.165) is 44.3 Å². The number of benzene rings is 1. The average molecular weight is 318 g/mol. The molecule has 0 fully saturated rings. The first-order valence-corrected chi connectivity index (χ1v) is 8.77. The van der Waals surface area contributed by atoms with E-state index in [2.05, 4.69) is 24.5 Å². The van der Waals surface area contributed by atoms with Crippen molar-refractivity contribution in [3.63, 3.8) is 0 Å². The minimum Gasteiger partial charge on any atom is -0.356 e. The minimum absolute atomic E-state index is 0.0354. The molecule has 0 aliphatic carbocycles. The Balaban J connectivity index is 2.39. The van der Waals surface area contributed by atoms with Gasteiger partial charge in [-0.15, -0.1) is 0 Å². The first kappa shape index (κ1) is 19.4. The third-order valence-corrected chi connectivity index (χ3v) is 3.70. The molecule has 0 unspecified atom stereocenters. The Morgan fingerprint density at radius 2 is 1.83 bits per heavy atom. The highest BCUT2D eigenvalue weighted by atomic mass is 16.2. The van der Waals surface area contributed by atoms with Gasteiger partial charge in [0.15, 0.2) is 5.78 Å². The highest BCUT2D eigenvalue weighted by Gasteiger charge is 2.09. The molecule has 1 rings (SSSR count). The monoisotopic (exact) mass is 318 g/mol. The standard InChI is InChI=1S/C19H30N2O2/c1-3-5-13-21-19(23)10-9-18(22)17-8-6-7-16(15-17)11-14-20-12-4-2/h6-8,15,20H,3-5,9-14H2,1-2H3,(H,21,23). The average Bonchev–Trinajstić information content (AvgIpc) is 2.57. The molecule has 0 heterocycles. The van der Waals surface area contributed by atoms with Gasteiger partial charge in [-0.1, -0.05) is 38.5 Å². The molecule has 23 heavy (non-hydrogen) atoms. The van der Waals surface area contributed by atoms with Crippen LogP contribution in [0.1, 0.15) is 61.9 Å². The van der Waals surface area contributed by atoms with Gasteiger partial charge < -0.3 is 10.6 Å². The number of Topliss-reactive ketones (excluding diaryl/α,β-unsaturated/α-hetero) is 1. The van der Waals surface area contributed by atoms with Gasteiger partial charge in [0.25, 0.3) is 0 Å². The summed E-state index contributed by atoms with van der Waals surface area (Å²) < 4.78 is 0. The first-order chi connectivity index (χ1) is 11.2. The van der Waals surface area contributed by atoms with Crippen LogP contribution in [0.4, 0.5) is 0 Å². The maximum absolute atomic E-state index is 12.2. The van der Waals surface area contributed by atoms with Crippen LogP contribution in [0.15, 0.2) is 24.3 Å². The van der Waals surface area contributed by atoms with Crippen LogP contribution in [0.5, 0.6) is 0 Å². The minimum atomic E-state index is -0.0354. The Hall–Kier alpha value is -1.68. The van der Waals surface area contributed by atoms with Crippen LogP contribution < -0.4 is 10.6 Å². The van der Waals surface area contributed by atoms with Crippen LogP contribution in [0, 0.1) is 0 Å². The third-order valence-electron chi connectivity index (χ3n) is 3.70. The topological polar surface area (TPSA) is 58.2 Å². The van der Waals surface area contributed by atoms with Crippen LogP contribution in [0.2, 0.25) is 0 Å². The largest absolute Gasteiger partial charge is 0.356 e. The summed E-state index contributed by atoms with van der Waals surface area (Å²) in [5.41, 5.74) is 1.87. The van der Waals surface area contributed by atoms with E-state index in [4.69, 9.17) is 0 Å². The molecule has 4 heteroatoms. The van der Waals surface area contributed by atoms with Crippen molar-refractivity contribution in [2.45, 2.75) is 52.4 Å². The molecule has 0 saturated heterocycles. The second-order valence-corrected chi connectivity index (χ2v) is 5.83. The maximum atomic E-state index is 12.2. The van der Waals surface area contributed by atoms with Crippen molar-refractivity contribution in [1.82, 2.24) is 10.6 Å². The number of amides is 1. The summed E-state index contributed by atoms with van der Waals surface area (Å²) in [4.78, 5) is 23.9. The summed E-state index contributed by atoms with van der Waals surface area (Å²) in [6.45, 7) is 6.87. The number of hydrogen-bond acceptors (Lipinski definition) is 3. The third kappa shape index (κ3) is 8.50. The SMILES string of the molecule is CCCCNC(=O)CCC(=O)c1cccc(CCNCCC)c1. The van der Waals surface area contributed by atoms with E-state index in [9.17, 15) is 9.59 Å². The number of carbonyl (C=O) groups excluding carboxylic acids is 2. The van der Waals surface area contributed by atoms with E-state index in [1.807, 2.05) is 24.3 Å². The summed E-state index contributed by atoms with van der Waals surface area (Å²) in [7, 11) is 0. The summed E-state index contributed by atoms with van der Waals surface area (Å²) in [6, 6.07) is 7.75. The molecular weight excluding hydrogens is 288 g/mol. The molecule has 2 N–H and O–H groups in total. The zero-order valence-electron chi connectivity index (χ0n) is 14.5.